The molecule has 5 rings (SSSR count). The largest absolute Gasteiger partial charge is 0.491 e. The number of piperidine rings is 1. The van der Waals surface area contributed by atoms with Crippen LogP contribution in [0.2, 0.25) is 0 Å². The number of aliphatic hydroxyl groups is 1. The van der Waals surface area contributed by atoms with Crippen LogP contribution in [-0.2, 0) is 24.8 Å². The lowest BCUT2D eigenvalue weighted by Gasteiger charge is -2.38. The Morgan fingerprint density at radius 1 is 1.18 bits per heavy atom. The molecular formula is C25H33N5O8S2. The lowest BCUT2D eigenvalue weighted by atomic mass is 9.88. The summed E-state index contributed by atoms with van der Waals surface area (Å²) >= 11 is 0. The maximum Gasteiger partial charge on any atom is 0.245 e. The summed E-state index contributed by atoms with van der Waals surface area (Å²) in [6.45, 7) is 3.05. The van der Waals surface area contributed by atoms with E-state index in [9.17, 15) is 21.9 Å². The molecule has 2 aliphatic heterocycles. The number of aliphatic hydroxyl groups excluding tert-OH is 1. The van der Waals surface area contributed by atoms with E-state index in [4.69, 9.17) is 14.1 Å². The third kappa shape index (κ3) is 5.86. The van der Waals surface area contributed by atoms with E-state index >= 15 is 0 Å². The molecule has 2 aliphatic rings. The summed E-state index contributed by atoms with van der Waals surface area (Å²) in [7, 11) is -6.06. The zero-order valence-electron chi connectivity index (χ0n) is 22.2. The summed E-state index contributed by atoms with van der Waals surface area (Å²) in [6, 6.07) is 9.44. The van der Waals surface area contributed by atoms with Crippen molar-refractivity contribution in [2.24, 2.45) is 0 Å². The standard InChI is InChI=1S/C25H33N5O8S2/c1-17-6-7-22-23(29-38-28-22)24(17)40(34,35)30-10-8-25(9-11-30)13-18(15-37-25)27-14-19(31)16-36-20-4-3-5-21(12-20)39(32,33)26-2/h3-7,12,18-19,26-27,31H,8-11,13-16H2,1-2H3/t18?,19-/m0/s1. The highest BCUT2D eigenvalue weighted by molar-refractivity contribution is 7.89. The summed E-state index contributed by atoms with van der Waals surface area (Å²) in [6.07, 6.45) is 0.965. The molecule has 13 nitrogen and oxygen atoms in total. The molecule has 1 aromatic heterocycles. The second kappa shape index (κ2) is 11.3. The molecule has 15 heteroatoms. The fourth-order valence-corrected chi connectivity index (χ4v) is 7.79. The summed E-state index contributed by atoms with van der Waals surface area (Å²) in [4.78, 5) is 0.204. The van der Waals surface area contributed by atoms with E-state index < -0.39 is 31.8 Å². The van der Waals surface area contributed by atoms with Gasteiger partial charge in [0.15, 0.2) is 5.52 Å². The van der Waals surface area contributed by atoms with Gasteiger partial charge in [-0.15, -0.1) is 0 Å². The molecule has 2 aromatic carbocycles. The summed E-state index contributed by atoms with van der Waals surface area (Å²) < 4.78 is 71.2. The zero-order chi connectivity index (χ0) is 28.5. The number of benzene rings is 2. The molecule has 3 N–H and O–H groups in total. The molecule has 218 valence electrons. The van der Waals surface area contributed by atoms with Gasteiger partial charge in [0.2, 0.25) is 20.0 Å². The highest BCUT2D eigenvalue weighted by Crippen LogP contribution is 2.38. The predicted octanol–water partition coefficient (Wildman–Crippen LogP) is 0.781. The van der Waals surface area contributed by atoms with Crippen LogP contribution in [0.3, 0.4) is 0 Å². The summed E-state index contributed by atoms with van der Waals surface area (Å²) in [5, 5.41) is 21.3. The fourth-order valence-electron chi connectivity index (χ4n) is 5.24. The third-order valence-electron chi connectivity index (χ3n) is 7.49. The molecule has 0 radical (unpaired) electrons. The molecule has 3 aromatic rings. The van der Waals surface area contributed by atoms with Crippen LogP contribution in [0.4, 0.5) is 0 Å². The van der Waals surface area contributed by atoms with Crippen LogP contribution in [0.1, 0.15) is 24.8 Å². The van der Waals surface area contributed by atoms with E-state index in [1.54, 1.807) is 31.2 Å². The number of nitrogens with one attached hydrogen (secondary N) is 2. The molecule has 1 unspecified atom stereocenters. The van der Waals surface area contributed by atoms with Gasteiger partial charge in [0.05, 0.1) is 17.1 Å². The van der Waals surface area contributed by atoms with Crippen molar-refractivity contribution < 1.29 is 36.0 Å². The number of nitrogens with zero attached hydrogens (tertiary/aromatic N) is 3. The maximum absolute atomic E-state index is 13.5. The van der Waals surface area contributed by atoms with E-state index in [0.29, 0.717) is 55.8 Å². The minimum absolute atomic E-state index is 0.000830. The molecule has 0 bridgehead atoms. The summed E-state index contributed by atoms with van der Waals surface area (Å²) in [5.74, 6) is 0.339. The fraction of sp³-hybridized carbons (Fsp3) is 0.520. The Hall–Kier alpha value is -2.66. The van der Waals surface area contributed by atoms with Gasteiger partial charge in [0.1, 0.15) is 28.9 Å². The Bertz CT molecular complexity index is 1570. The number of fused-ring (bicyclic) bond motifs is 1. The van der Waals surface area contributed by atoms with Crippen LogP contribution in [0, 0.1) is 6.92 Å². The summed E-state index contributed by atoms with van der Waals surface area (Å²) in [5.41, 5.74) is 0.789. The van der Waals surface area contributed by atoms with Crippen molar-refractivity contribution in [1.29, 1.82) is 0 Å². The van der Waals surface area contributed by atoms with E-state index in [1.807, 2.05) is 0 Å². The van der Waals surface area contributed by atoms with Gasteiger partial charge in [-0.1, -0.05) is 12.1 Å². The van der Waals surface area contributed by atoms with Gasteiger partial charge < -0.3 is 19.9 Å². The first-order chi connectivity index (χ1) is 19.0. The van der Waals surface area contributed by atoms with Crippen LogP contribution in [0.5, 0.6) is 5.75 Å². The van der Waals surface area contributed by atoms with Crippen molar-refractivity contribution in [3.63, 3.8) is 0 Å². The second-order valence-electron chi connectivity index (χ2n) is 10.2. The number of rotatable bonds is 10. The molecule has 0 saturated carbocycles. The van der Waals surface area contributed by atoms with E-state index in [2.05, 4.69) is 20.4 Å². The van der Waals surface area contributed by atoms with Crippen LogP contribution >= 0.6 is 0 Å². The van der Waals surface area contributed by atoms with Gasteiger partial charge >= 0.3 is 0 Å². The highest BCUT2D eigenvalue weighted by atomic mass is 32.2. The minimum atomic E-state index is -3.80. The quantitative estimate of drug-likeness (QED) is 0.302. The second-order valence-corrected chi connectivity index (χ2v) is 14.0. The monoisotopic (exact) mass is 595 g/mol. The molecule has 2 atom stereocenters. The van der Waals surface area contributed by atoms with Crippen LogP contribution < -0.4 is 14.8 Å². The SMILES string of the molecule is CNS(=O)(=O)c1cccc(OC[C@@H](O)CNC2COC3(CCN(S(=O)(=O)c4c(C)ccc5nonc45)CC3)C2)c1. The van der Waals surface area contributed by atoms with Gasteiger partial charge in [0.25, 0.3) is 0 Å². The first-order valence-electron chi connectivity index (χ1n) is 13.0. The molecule has 2 fully saturated rings. The topological polar surface area (TPSA) is 173 Å². The third-order valence-corrected chi connectivity index (χ3v) is 11.0. The average molecular weight is 596 g/mol. The Kier molecular flexibility index (Phi) is 8.16. The van der Waals surface area contributed by atoms with Crippen molar-refractivity contribution in [2.75, 3.05) is 39.9 Å². The van der Waals surface area contributed by atoms with Gasteiger partial charge in [0, 0.05) is 31.7 Å². The number of aryl methyl sites for hydroxylation is 1. The van der Waals surface area contributed by atoms with E-state index in [-0.39, 0.29) is 34.5 Å². The Balaban J connectivity index is 1.11. The normalized spacial score (nSPS) is 20.7. The van der Waals surface area contributed by atoms with Crippen molar-refractivity contribution >= 4 is 31.1 Å². The van der Waals surface area contributed by atoms with Gasteiger partial charge in [-0.25, -0.2) is 26.2 Å². The number of ether oxygens (including phenoxy) is 2. The molecule has 40 heavy (non-hydrogen) atoms. The van der Waals surface area contributed by atoms with Gasteiger partial charge in [-0.2, -0.15) is 4.31 Å². The van der Waals surface area contributed by atoms with Crippen molar-refractivity contribution in [1.82, 2.24) is 24.7 Å². The Morgan fingerprint density at radius 2 is 1.95 bits per heavy atom. The lowest BCUT2D eigenvalue weighted by Crippen LogP contribution is -2.47. The van der Waals surface area contributed by atoms with Gasteiger partial charge in [-0.05, 0) is 67.3 Å². The Labute approximate surface area is 232 Å². The average Bonchev–Trinajstić information content (AvgIpc) is 3.58. The molecule has 0 amide bonds. The van der Waals surface area contributed by atoms with E-state index in [1.165, 1.54) is 23.5 Å². The number of hydrogen-bond donors (Lipinski definition) is 3. The van der Waals surface area contributed by atoms with Crippen molar-refractivity contribution in [3.8, 4) is 5.75 Å². The van der Waals surface area contributed by atoms with Crippen LogP contribution in [0.25, 0.3) is 11.0 Å². The Morgan fingerprint density at radius 3 is 2.70 bits per heavy atom. The number of aromatic nitrogens is 2. The van der Waals surface area contributed by atoms with Crippen LogP contribution in [0.15, 0.2) is 50.8 Å². The van der Waals surface area contributed by atoms with E-state index in [0.717, 1.165) is 0 Å². The predicted molar refractivity (Wildman–Crippen MR) is 144 cm³/mol. The maximum atomic E-state index is 13.5. The minimum Gasteiger partial charge on any atom is -0.491 e. The first-order valence-corrected chi connectivity index (χ1v) is 15.9. The number of sulfonamides is 2. The van der Waals surface area contributed by atoms with Crippen molar-refractivity contribution in [3.05, 3.63) is 42.0 Å². The number of hydrogen-bond acceptors (Lipinski definition) is 11. The van der Waals surface area contributed by atoms with Crippen molar-refractivity contribution in [2.45, 2.75) is 53.7 Å². The first kappa shape index (κ1) is 28.9. The van der Waals surface area contributed by atoms with Gasteiger partial charge in [-0.3, -0.25) is 0 Å². The highest BCUT2D eigenvalue weighted by Gasteiger charge is 2.45. The molecular weight excluding hydrogens is 562 g/mol. The molecule has 3 heterocycles. The zero-order valence-corrected chi connectivity index (χ0v) is 23.9. The lowest BCUT2D eigenvalue weighted by molar-refractivity contribution is -0.0312. The molecule has 0 aliphatic carbocycles. The smallest absolute Gasteiger partial charge is 0.245 e. The molecule has 1 spiro atoms. The van der Waals surface area contributed by atoms with Crippen LogP contribution in [-0.4, -0.2) is 94.2 Å². The molecule has 2 saturated heterocycles.